The largest absolute Gasteiger partial charge is 0.490 e. The van der Waals surface area contributed by atoms with Gasteiger partial charge in [0.2, 0.25) is 5.91 Å². The zero-order chi connectivity index (χ0) is 24.1. The van der Waals surface area contributed by atoms with Crippen LogP contribution in [0.4, 0.5) is 5.69 Å². The van der Waals surface area contributed by atoms with Gasteiger partial charge in [-0.25, -0.2) is 0 Å². The van der Waals surface area contributed by atoms with Gasteiger partial charge < -0.3 is 25.0 Å². The summed E-state index contributed by atoms with van der Waals surface area (Å²) < 4.78 is 5.67. The van der Waals surface area contributed by atoms with Gasteiger partial charge in [-0.3, -0.25) is 9.59 Å². The van der Waals surface area contributed by atoms with E-state index in [0.29, 0.717) is 30.9 Å². The second-order valence-electron chi connectivity index (χ2n) is 9.53. The van der Waals surface area contributed by atoms with E-state index in [4.69, 9.17) is 4.74 Å². The van der Waals surface area contributed by atoms with E-state index in [-0.39, 0.29) is 18.1 Å². The van der Waals surface area contributed by atoms with Crippen LogP contribution >= 0.6 is 0 Å². The first-order chi connectivity index (χ1) is 16.4. The molecule has 1 aliphatic carbocycles. The van der Waals surface area contributed by atoms with Crippen molar-refractivity contribution in [1.29, 1.82) is 0 Å². The fourth-order valence-electron chi connectivity index (χ4n) is 4.67. The number of likely N-dealkylation sites (N-methyl/N-ethyl adjacent to an activating group) is 1. The molecule has 1 heterocycles. The van der Waals surface area contributed by atoms with E-state index in [1.165, 1.54) is 0 Å². The second kappa shape index (κ2) is 11.1. The van der Waals surface area contributed by atoms with Crippen LogP contribution in [0.3, 0.4) is 0 Å². The summed E-state index contributed by atoms with van der Waals surface area (Å²) in [6.45, 7) is 1.35. The van der Waals surface area contributed by atoms with E-state index in [9.17, 15) is 19.6 Å². The first-order valence-electron chi connectivity index (χ1n) is 12.1. The third-order valence-electron chi connectivity index (χ3n) is 7.00. The Morgan fingerprint density at radius 2 is 1.94 bits per heavy atom. The normalized spacial score (nSPS) is 17.1. The molecule has 0 spiro atoms. The van der Waals surface area contributed by atoms with Crippen LogP contribution in [0, 0.1) is 11.8 Å². The van der Waals surface area contributed by atoms with Crippen LogP contribution in [0.2, 0.25) is 0 Å². The van der Waals surface area contributed by atoms with E-state index in [0.717, 1.165) is 42.8 Å². The van der Waals surface area contributed by atoms with Gasteiger partial charge in [0.1, 0.15) is 12.4 Å². The molecule has 0 unspecified atom stereocenters. The number of Topliss-reactive ketones (excluding diaryl/α,β-unsaturated/α-hetero) is 1. The molecule has 2 aromatic rings. The number of carbonyl (C=O) groups is 2. The van der Waals surface area contributed by atoms with E-state index < -0.39 is 19.0 Å². The number of nitrogens with one attached hydrogen (secondary N) is 1. The van der Waals surface area contributed by atoms with Crippen LogP contribution in [-0.2, 0) is 11.2 Å². The lowest BCUT2D eigenvalue weighted by Crippen LogP contribution is -2.50. The monoisotopic (exact) mass is 464 g/mol. The highest BCUT2D eigenvalue weighted by molar-refractivity contribution is 6.43. The molecule has 7 nitrogen and oxygen atoms in total. The Morgan fingerprint density at radius 1 is 1.18 bits per heavy atom. The lowest BCUT2D eigenvalue weighted by Gasteiger charge is -2.30. The Morgan fingerprint density at radius 3 is 2.62 bits per heavy atom. The summed E-state index contributed by atoms with van der Waals surface area (Å²) in [7, 11) is 0.331. The Bertz CT molecular complexity index is 996. The minimum absolute atomic E-state index is 0.0295. The van der Waals surface area contributed by atoms with Gasteiger partial charge in [-0.05, 0) is 42.5 Å². The molecular weight excluding hydrogens is 431 g/mol. The zero-order valence-electron chi connectivity index (χ0n) is 19.7. The maximum atomic E-state index is 13.3. The topological polar surface area (TPSA) is 99.1 Å². The predicted octanol–water partition coefficient (Wildman–Crippen LogP) is 2.63. The predicted molar refractivity (Wildman–Crippen MR) is 132 cm³/mol. The molecule has 34 heavy (non-hydrogen) atoms. The van der Waals surface area contributed by atoms with Crippen LogP contribution in [0.25, 0.3) is 0 Å². The smallest absolute Gasteiger partial charge is 0.475 e. The van der Waals surface area contributed by atoms with Crippen LogP contribution in [0.5, 0.6) is 5.75 Å². The molecule has 2 aliphatic rings. The number of fused-ring (bicyclic) bond motifs is 1. The average Bonchev–Trinajstić information content (AvgIpc) is 2.80. The number of carbonyl (C=O) groups excluding carboxylic acids is 2. The molecule has 1 aliphatic heterocycles. The average molecular weight is 464 g/mol. The van der Waals surface area contributed by atoms with Gasteiger partial charge in [-0.2, -0.15) is 0 Å². The first-order valence-corrected chi connectivity index (χ1v) is 12.1. The molecule has 0 radical (unpaired) electrons. The fourth-order valence-corrected chi connectivity index (χ4v) is 4.67. The van der Waals surface area contributed by atoms with Crippen LogP contribution < -0.4 is 15.0 Å². The molecule has 2 aromatic carbocycles. The SMILES string of the molecule is CN1CCOc2ccc(C(=O)C[C@@H](Cc3ccccc3)C(=O)N[C@@H](CC3CCC3)B(O)O)cc21. The van der Waals surface area contributed by atoms with Crippen molar-refractivity contribution in [3.8, 4) is 5.75 Å². The number of hydrogen-bond donors (Lipinski definition) is 3. The van der Waals surface area contributed by atoms with Gasteiger partial charge in [-0.15, -0.1) is 0 Å². The quantitative estimate of drug-likeness (QED) is 0.370. The highest BCUT2D eigenvalue weighted by Crippen LogP contribution is 2.33. The van der Waals surface area contributed by atoms with Crippen molar-refractivity contribution in [2.45, 2.75) is 44.5 Å². The van der Waals surface area contributed by atoms with E-state index >= 15 is 0 Å². The van der Waals surface area contributed by atoms with Gasteiger partial charge >= 0.3 is 7.12 Å². The van der Waals surface area contributed by atoms with Crippen molar-refractivity contribution >= 4 is 24.5 Å². The number of benzene rings is 2. The molecule has 2 atom stereocenters. The Labute approximate surface area is 201 Å². The molecule has 3 N–H and O–H groups in total. The third-order valence-corrected chi connectivity index (χ3v) is 7.00. The maximum absolute atomic E-state index is 13.3. The number of rotatable bonds is 10. The van der Waals surface area contributed by atoms with E-state index in [1.54, 1.807) is 12.1 Å². The number of ether oxygens (including phenoxy) is 1. The van der Waals surface area contributed by atoms with Crippen molar-refractivity contribution in [2.24, 2.45) is 11.8 Å². The molecule has 1 fully saturated rings. The van der Waals surface area contributed by atoms with Gasteiger partial charge in [0.05, 0.1) is 18.2 Å². The molecule has 1 saturated carbocycles. The van der Waals surface area contributed by atoms with Crippen LogP contribution in [0.15, 0.2) is 48.5 Å². The lowest BCUT2D eigenvalue weighted by atomic mass is 9.69. The second-order valence-corrected chi connectivity index (χ2v) is 9.53. The number of ketones is 1. The van der Waals surface area contributed by atoms with Crippen molar-refractivity contribution in [3.63, 3.8) is 0 Å². The summed E-state index contributed by atoms with van der Waals surface area (Å²) in [4.78, 5) is 28.6. The van der Waals surface area contributed by atoms with Crippen molar-refractivity contribution in [1.82, 2.24) is 5.32 Å². The number of amides is 1. The van der Waals surface area contributed by atoms with Gasteiger partial charge in [0, 0.05) is 24.9 Å². The molecule has 0 bridgehead atoms. The van der Waals surface area contributed by atoms with Gasteiger partial charge in [0.25, 0.3) is 0 Å². The summed E-state index contributed by atoms with van der Waals surface area (Å²) in [5.74, 6) is -0.662. The first kappa shape index (κ1) is 24.3. The van der Waals surface area contributed by atoms with Crippen LogP contribution in [-0.4, -0.2) is 55.0 Å². The Balaban J connectivity index is 1.50. The van der Waals surface area contributed by atoms with Crippen molar-refractivity contribution < 1.29 is 24.4 Å². The molecular formula is C26H33BN2O5. The number of nitrogens with zero attached hydrogens (tertiary/aromatic N) is 1. The lowest BCUT2D eigenvalue weighted by molar-refractivity contribution is -0.125. The minimum atomic E-state index is -1.63. The summed E-state index contributed by atoms with van der Waals surface area (Å²) in [5.41, 5.74) is 2.36. The number of hydrogen-bond acceptors (Lipinski definition) is 6. The summed E-state index contributed by atoms with van der Waals surface area (Å²) >= 11 is 0. The standard InChI is InChI=1S/C26H33BN2O5/c1-29-12-13-34-24-11-10-20(16-22(24)29)23(30)17-21(14-18-6-3-2-4-7-18)26(31)28-25(27(32)33)15-19-8-5-9-19/h2-4,6-7,10-11,16,19,21,25,32-33H,5,8-9,12-15,17H2,1H3,(H,28,31)/t21-,25+/m1/s1. The van der Waals surface area contributed by atoms with E-state index in [1.807, 2.05) is 43.4 Å². The Kier molecular flexibility index (Phi) is 7.90. The van der Waals surface area contributed by atoms with Crippen molar-refractivity contribution in [2.75, 3.05) is 25.1 Å². The molecule has 180 valence electrons. The minimum Gasteiger partial charge on any atom is -0.490 e. The molecule has 1 amide bonds. The van der Waals surface area contributed by atoms with E-state index in [2.05, 4.69) is 10.2 Å². The van der Waals surface area contributed by atoms with Crippen LogP contribution in [0.1, 0.15) is 48.0 Å². The highest BCUT2D eigenvalue weighted by atomic mass is 16.5. The molecule has 0 saturated heterocycles. The summed E-state index contributed by atoms with van der Waals surface area (Å²) in [6, 6.07) is 15.0. The zero-order valence-corrected chi connectivity index (χ0v) is 19.7. The molecule has 4 rings (SSSR count). The maximum Gasteiger partial charge on any atom is 0.475 e. The third kappa shape index (κ3) is 5.99. The summed E-state index contributed by atoms with van der Waals surface area (Å²) in [5, 5.41) is 22.5. The van der Waals surface area contributed by atoms with Crippen molar-refractivity contribution in [3.05, 3.63) is 59.7 Å². The highest BCUT2D eigenvalue weighted by Gasteiger charge is 2.33. The fraction of sp³-hybridized carbons (Fsp3) is 0.462. The molecule has 0 aromatic heterocycles. The summed E-state index contributed by atoms with van der Waals surface area (Å²) in [6.07, 6.45) is 4.18. The number of anilines is 1. The molecule has 8 heteroatoms. The van der Waals surface area contributed by atoms with Gasteiger partial charge in [-0.1, -0.05) is 49.6 Å². The Hall–Kier alpha value is -2.84. The van der Waals surface area contributed by atoms with Gasteiger partial charge in [0.15, 0.2) is 5.78 Å².